The number of anilines is 2. The molecule has 0 bridgehead atoms. The Kier molecular flexibility index (Phi) is 3.87. The van der Waals surface area contributed by atoms with Gasteiger partial charge in [0.15, 0.2) is 0 Å². The van der Waals surface area contributed by atoms with Crippen LogP contribution in [0.25, 0.3) is 0 Å². The number of nitrogens with zero attached hydrogens (tertiary/aromatic N) is 1. The molecule has 1 heterocycles. The van der Waals surface area contributed by atoms with Gasteiger partial charge in [0.05, 0.1) is 29.6 Å². The third kappa shape index (κ3) is 2.95. The minimum atomic E-state index is -0.362. The summed E-state index contributed by atoms with van der Waals surface area (Å²) in [6.45, 7) is 0. The Morgan fingerprint density at radius 2 is 2.21 bits per heavy atom. The first-order valence-electron chi connectivity index (χ1n) is 5.46. The molecule has 6 heteroatoms. The number of nitrogens with two attached hydrogens (primary N) is 1. The molecule has 19 heavy (non-hydrogen) atoms. The zero-order chi connectivity index (χ0) is 13.8. The van der Waals surface area contributed by atoms with E-state index in [9.17, 15) is 4.79 Å². The van der Waals surface area contributed by atoms with Gasteiger partial charge in [-0.05, 0) is 24.3 Å². The lowest BCUT2D eigenvalue weighted by Crippen LogP contribution is -2.14. The molecule has 1 aromatic carbocycles. The van der Waals surface area contributed by atoms with Crippen LogP contribution in [0.2, 0.25) is 5.02 Å². The van der Waals surface area contributed by atoms with E-state index in [1.54, 1.807) is 30.5 Å². The van der Waals surface area contributed by atoms with Crippen molar-refractivity contribution in [2.24, 2.45) is 0 Å². The van der Waals surface area contributed by atoms with Crippen LogP contribution in [-0.4, -0.2) is 18.0 Å². The van der Waals surface area contributed by atoms with Crippen molar-refractivity contribution in [1.29, 1.82) is 0 Å². The van der Waals surface area contributed by atoms with Gasteiger partial charge >= 0.3 is 0 Å². The number of ether oxygens (including phenoxy) is 1. The number of amides is 1. The van der Waals surface area contributed by atoms with Crippen molar-refractivity contribution in [2.75, 3.05) is 18.2 Å². The third-order valence-corrected chi connectivity index (χ3v) is 2.81. The maximum absolute atomic E-state index is 12.2. The molecule has 0 aliphatic carbocycles. The van der Waals surface area contributed by atoms with Gasteiger partial charge in [0, 0.05) is 11.9 Å². The minimum Gasteiger partial charge on any atom is -0.496 e. The molecule has 98 valence electrons. The molecule has 5 nitrogen and oxygen atoms in total. The predicted octanol–water partition coefficient (Wildman–Crippen LogP) is 2.58. The molecule has 2 rings (SSSR count). The summed E-state index contributed by atoms with van der Waals surface area (Å²) >= 11 is 5.95. The lowest BCUT2D eigenvalue weighted by Gasteiger charge is -2.10. The fourth-order valence-electron chi connectivity index (χ4n) is 1.56. The van der Waals surface area contributed by atoms with Crippen LogP contribution in [0.15, 0.2) is 36.7 Å². The third-order valence-electron chi connectivity index (χ3n) is 2.48. The van der Waals surface area contributed by atoms with Crippen LogP contribution in [0.3, 0.4) is 0 Å². The Balaban J connectivity index is 2.30. The zero-order valence-corrected chi connectivity index (χ0v) is 10.9. The van der Waals surface area contributed by atoms with Gasteiger partial charge in [0.2, 0.25) is 0 Å². The Morgan fingerprint density at radius 1 is 1.42 bits per heavy atom. The highest BCUT2D eigenvalue weighted by Gasteiger charge is 2.14. The van der Waals surface area contributed by atoms with E-state index in [-0.39, 0.29) is 5.91 Å². The van der Waals surface area contributed by atoms with Crippen molar-refractivity contribution in [1.82, 2.24) is 4.98 Å². The molecule has 3 N–H and O–H groups in total. The van der Waals surface area contributed by atoms with Crippen molar-refractivity contribution >= 4 is 28.9 Å². The number of hydrogen-bond acceptors (Lipinski definition) is 4. The topological polar surface area (TPSA) is 77.2 Å². The van der Waals surface area contributed by atoms with Gasteiger partial charge in [0.25, 0.3) is 5.91 Å². The highest BCUT2D eigenvalue weighted by atomic mass is 35.5. The van der Waals surface area contributed by atoms with Crippen molar-refractivity contribution in [2.45, 2.75) is 0 Å². The molecule has 1 amide bonds. The molecular formula is C13H12ClN3O2. The summed E-state index contributed by atoms with van der Waals surface area (Å²) in [7, 11) is 1.49. The largest absolute Gasteiger partial charge is 0.496 e. The number of pyridine rings is 1. The summed E-state index contributed by atoms with van der Waals surface area (Å²) in [6.07, 6.45) is 3.01. The normalized spacial score (nSPS) is 10.0. The first-order chi connectivity index (χ1) is 9.11. The van der Waals surface area contributed by atoms with Gasteiger partial charge in [-0.1, -0.05) is 11.6 Å². The van der Waals surface area contributed by atoms with E-state index in [2.05, 4.69) is 10.3 Å². The number of benzene rings is 1. The quantitative estimate of drug-likeness (QED) is 0.846. The number of halogens is 1. The summed E-state index contributed by atoms with van der Waals surface area (Å²) in [5.41, 5.74) is 6.91. The monoisotopic (exact) mass is 277 g/mol. The number of carbonyl (C=O) groups excluding carboxylic acids is 1. The molecule has 0 fully saturated rings. The Bertz CT molecular complexity index is 617. The van der Waals surface area contributed by atoms with E-state index in [1.165, 1.54) is 13.3 Å². The summed E-state index contributed by atoms with van der Waals surface area (Å²) in [6, 6.07) is 6.42. The number of nitrogens with one attached hydrogen (secondary N) is 1. The Labute approximate surface area is 115 Å². The first kappa shape index (κ1) is 13.2. The molecule has 1 aromatic heterocycles. The Morgan fingerprint density at radius 3 is 2.89 bits per heavy atom. The molecule has 0 aliphatic heterocycles. The lowest BCUT2D eigenvalue weighted by molar-refractivity contribution is 0.102. The van der Waals surface area contributed by atoms with Crippen LogP contribution in [0.1, 0.15) is 10.4 Å². The van der Waals surface area contributed by atoms with Gasteiger partial charge in [-0.2, -0.15) is 0 Å². The maximum Gasteiger partial charge on any atom is 0.259 e. The zero-order valence-electron chi connectivity index (χ0n) is 10.2. The SMILES string of the molecule is COc1ccc(N)cc1C(=O)Nc1cnccc1Cl. The van der Waals surface area contributed by atoms with E-state index >= 15 is 0 Å². The summed E-state index contributed by atoms with van der Waals surface area (Å²) in [4.78, 5) is 16.1. The van der Waals surface area contributed by atoms with Crippen LogP contribution in [0.5, 0.6) is 5.75 Å². The van der Waals surface area contributed by atoms with Gasteiger partial charge in [-0.25, -0.2) is 0 Å². The van der Waals surface area contributed by atoms with Crippen LogP contribution in [-0.2, 0) is 0 Å². The van der Waals surface area contributed by atoms with Crippen LogP contribution in [0.4, 0.5) is 11.4 Å². The van der Waals surface area contributed by atoms with Gasteiger partial charge in [0.1, 0.15) is 5.75 Å². The van der Waals surface area contributed by atoms with Crippen LogP contribution < -0.4 is 15.8 Å². The molecule has 0 saturated carbocycles. The molecule has 2 aromatic rings. The smallest absolute Gasteiger partial charge is 0.259 e. The number of carbonyl (C=O) groups is 1. The predicted molar refractivity (Wildman–Crippen MR) is 74.6 cm³/mol. The van der Waals surface area contributed by atoms with Gasteiger partial charge in [-0.15, -0.1) is 0 Å². The average Bonchev–Trinajstić information content (AvgIpc) is 2.41. The average molecular weight is 278 g/mol. The van der Waals surface area contributed by atoms with Gasteiger partial charge < -0.3 is 15.8 Å². The molecule has 0 atom stereocenters. The van der Waals surface area contributed by atoms with Crippen molar-refractivity contribution in [3.8, 4) is 5.75 Å². The van der Waals surface area contributed by atoms with Crippen molar-refractivity contribution in [3.63, 3.8) is 0 Å². The fourth-order valence-corrected chi connectivity index (χ4v) is 1.71. The second kappa shape index (κ2) is 5.58. The standard InChI is InChI=1S/C13H12ClN3O2/c1-19-12-3-2-8(15)6-9(12)13(18)17-11-7-16-5-4-10(11)14/h2-7H,15H2,1H3,(H,17,18). The number of aromatic nitrogens is 1. The fraction of sp³-hybridized carbons (Fsp3) is 0.0769. The van der Waals surface area contributed by atoms with E-state index in [0.717, 1.165) is 0 Å². The molecular weight excluding hydrogens is 266 g/mol. The first-order valence-corrected chi connectivity index (χ1v) is 5.84. The molecule has 0 aliphatic rings. The lowest BCUT2D eigenvalue weighted by atomic mass is 10.1. The molecule has 0 spiro atoms. The van der Waals surface area contributed by atoms with Crippen molar-refractivity contribution < 1.29 is 9.53 Å². The highest BCUT2D eigenvalue weighted by Crippen LogP contribution is 2.24. The number of rotatable bonds is 3. The van der Waals surface area contributed by atoms with Crippen molar-refractivity contribution in [3.05, 3.63) is 47.2 Å². The molecule has 0 saturated heterocycles. The van der Waals surface area contributed by atoms with Crippen LogP contribution in [0, 0.1) is 0 Å². The summed E-state index contributed by atoms with van der Waals surface area (Å²) < 4.78 is 5.12. The van der Waals surface area contributed by atoms with E-state index in [1.807, 2.05) is 0 Å². The van der Waals surface area contributed by atoms with E-state index < -0.39 is 0 Å². The van der Waals surface area contributed by atoms with Crippen LogP contribution >= 0.6 is 11.6 Å². The van der Waals surface area contributed by atoms with E-state index in [4.69, 9.17) is 22.1 Å². The highest BCUT2D eigenvalue weighted by molar-refractivity contribution is 6.33. The second-order valence-corrected chi connectivity index (χ2v) is 4.18. The summed E-state index contributed by atoms with van der Waals surface area (Å²) in [5.74, 6) is 0.0748. The summed E-state index contributed by atoms with van der Waals surface area (Å²) in [5, 5.41) is 3.07. The number of methoxy groups -OCH3 is 1. The van der Waals surface area contributed by atoms with E-state index in [0.29, 0.717) is 27.7 Å². The maximum atomic E-state index is 12.2. The minimum absolute atomic E-state index is 0.336. The Hall–Kier alpha value is -2.27. The second-order valence-electron chi connectivity index (χ2n) is 3.77. The molecule has 0 unspecified atom stereocenters. The van der Waals surface area contributed by atoms with Gasteiger partial charge in [-0.3, -0.25) is 9.78 Å². The molecule has 0 radical (unpaired) electrons. The number of nitrogen functional groups attached to an aromatic ring is 1. The number of hydrogen-bond donors (Lipinski definition) is 2.